The van der Waals surface area contributed by atoms with Crippen LogP contribution < -0.4 is 15.8 Å². The number of halogens is 2. The van der Waals surface area contributed by atoms with Crippen molar-refractivity contribution in [2.24, 2.45) is 0 Å². The molecule has 3 rings (SSSR count). The standard InChI is InChI=1S/C18H21F2N5O2S/c1-27-13-4-3-12(19)15(20)14(13)16(26)11-9-22-18(24-17(11)21)23-10-5-7-25(28-2)8-6-10/h3-4,9-10H,5-8H2,1-2H3,(H3,21,22,23,24). The van der Waals surface area contributed by atoms with Crippen LogP contribution in [0, 0.1) is 11.6 Å². The largest absolute Gasteiger partial charge is 0.496 e. The van der Waals surface area contributed by atoms with E-state index in [1.165, 1.54) is 19.4 Å². The summed E-state index contributed by atoms with van der Waals surface area (Å²) in [5, 5.41) is 3.21. The van der Waals surface area contributed by atoms with Crippen LogP contribution in [0.2, 0.25) is 0 Å². The van der Waals surface area contributed by atoms with Gasteiger partial charge < -0.3 is 15.8 Å². The summed E-state index contributed by atoms with van der Waals surface area (Å²) < 4.78 is 35.0. The lowest BCUT2D eigenvalue weighted by atomic mass is 10.0. The van der Waals surface area contributed by atoms with Gasteiger partial charge in [0.05, 0.1) is 12.7 Å². The van der Waals surface area contributed by atoms with E-state index in [0.717, 1.165) is 32.0 Å². The van der Waals surface area contributed by atoms with Gasteiger partial charge in [0, 0.05) is 25.3 Å². The highest BCUT2D eigenvalue weighted by atomic mass is 32.2. The van der Waals surface area contributed by atoms with Crippen LogP contribution in [0.25, 0.3) is 0 Å². The number of nitrogens with zero attached hydrogens (tertiary/aromatic N) is 3. The lowest BCUT2D eigenvalue weighted by Gasteiger charge is -2.30. The Labute approximate surface area is 165 Å². The highest BCUT2D eigenvalue weighted by molar-refractivity contribution is 7.96. The first-order valence-electron chi connectivity index (χ1n) is 8.69. The van der Waals surface area contributed by atoms with E-state index in [4.69, 9.17) is 10.5 Å². The lowest BCUT2D eigenvalue weighted by Crippen LogP contribution is -2.35. The Morgan fingerprint density at radius 1 is 1.36 bits per heavy atom. The summed E-state index contributed by atoms with van der Waals surface area (Å²) in [7, 11) is 1.26. The summed E-state index contributed by atoms with van der Waals surface area (Å²) in [5.41, 5.74) is 5.25. The first kappa shape index (κ1) is 20.3. The zero-order chi connectivity index (χ0) is 20.3. The number of aromatic nitrogens is 2. The second-order valence-corrected chi connectivity index (χ2v) is 7.17. The van der Waals surface area contributed by atoms with Crippen LogP contribution in [0.4, 0.5) is 20.5 Å². The molecule has 0 unspecified atom stereocenters. The predicted octanol–water partition coefficient (Wildman–Crippen LogP) is 2.73. The first-order chi connectivity index (χ1) is 13.4. The van der Waals surface area contributed by atoms with Crippen molar-refractivity contribution in [1.82, 2.24) is 14.3 Å². The number of nitrogens with two attached hydrogens (primary N) is 1. The van der Waals surface area contributed by atoms with Gasteiger partial charge in [0.1, 0.15) is 17.1 Å². The fourth-order valence-corrected chi connectivity index (χ4v) is 3.63. The molecule has 1 aromatic carbocycles. The molecule has 150 valence electrons. The lowest BCUT2D eigenvalue weighted by molar-refractivity contribution is 0.103. The van der Waals surface area contributed by atoms with Crippen LogP contribution >= 0.6 is 11.9 Å². The molecule has 0 radical (unpaired) electrons. The van der Waals surface area contributed by atoms with Gasteiger partial charge in [0.15, 0.2) is 11.6 Å². The number of rotatable bonds is 6. The first-order valence-corrected chi connectivity index (χ1v) is 9.87. The zero-order valence-electron chi connectivity index (χ0n) is 15.5. The number of nitrogen functional groups attached to an aromatic ring is 1. The Kier molecular flexibility index (Phi) is 6.30. The van der Waals surface area contributed by atoms with E-state index in [9.17, 15) is 13.6 Å². The number of piperidine rings is 1. The van der Waals surface area contributed by atoms with Gasteiger partial charge in [-0.1, -0.05) is 11.9 Å². The summed E-state index contributed by atoms with van der Waals surface area (Å²) in [4.78, 5) is 21.0. The average molecular weight is 409 g/mol. The molecular weight excluding hydrogens is 388 g/mol. The topological polar surface area (TPSA) is 93.4 Å². The molecule has 0 bridgehead atoms. The Morgan fingerprint density at radius 3 is 2.68 bits per heavy atom. The molecule has 1 aromatic heterocycles. The van der Waals surface area contributed by atoms with Crippen molar-refractivity contribution >= 4 is 29.5 Å². The molecule has 0 atom stereocenters. The van der Waals surface area contributed by atoms with Crippen molar-refractivity contribution in [3.05, 3.63) is 41.1 Å². The monoisotopic (exact) mass is 409 g/mol. The van der Waals surface area contributed by atoms with E-state index < -0.39 is 23.0 Å². The van der Waals surface area contributed by atoms with E-state index >= 15 is 0 Å². The maximum atomic E-state index is 14.2. The molecule has 1 saturated heterocycles. The number of benzene rings is 1. The van der Waals surface area contributed by atoms with Crippen LogP contribution in [0.15, 0.2) is 18.3 Å². The van der Waals surface area contributed by atoms with Gasteiger partial charge in [0.2, 0.25) is 11.7 Å². The van der Waals surface area contributed by atoms with E-state index in [2.05, 4.69) is 19.6 Å². The second-order valence-electron chi connectivity index (χ2n) is 6.29. The minimum Gasteiger partial charge on any atom is -0.496 e. The van der Waals surface area contributed by atoms with E-state index in [0.29, 0.717) is 5.95 Å². The highest BCUT2D eigenvalue weighted by Crippen LogP contribution is 2.28. The fourth-order valence-electron chi connectivity index (χ4n) is 3.05. The second kappa shape index (κ2) is 8.70. The molecule has 3 N–H and O–H groups in total. The number of anilines is 2. The molecule has 0 spiro atoms. The SMILES string of the molecule is COc1ccc(F)c(F)c1C(=O)c1cnc(NC2CCN(SC)CC2)nc1N. The van der Waals surface area contributed by atoms with Gasteiger partial charge in [-0.25, -0.2) is 13.8 Å². The minimum atomic E-state index is -1.30. The van der Waals surface area contributed by atoms with E-state index in [-0.39, 0.29) is 23.2 Å². The van der Waals surface area contributed by atoms with Crippen LogP contribution in [-0.2, 0) is 0 Å². The molecule has 1 aliphatic heterocycles. The maximum Gasteiger partial charge on any atom is 0.224 e. The average Bonchev–Trinajstić information content (AvgIpc) is 2.70. The summed E-state index contributed by atoms with van der Waals surface area (Å²) >= 11 is 1.71. The Morgan fingerprint density at radius 2 is 2.07 bits per heavy atom. The van der Waals surface area contributed by atoms with Crippen LogP contribution in [-0.4, -0.2) is 52.6 Å². The predicted molar refractivity (Wildman–Crippen MR) is 105 cm³/mol. The molecule has 28 heavy (non-hydrogen) atoms. The maximum absolute atomic E-state index is 14.2. The van der Waals surface area contributed by atoms with Gasteiger partial charge in [-0.05, 0) is 31.2 Å². The number of hydrogen-bond acceptors (Lipinski definition) is 8. The quantitative estimate of drug-likeness (QED) is 0.556. The summed E-state index contributed by atoms with van der Waals surface area (Å²) in [6.45, 7) is 1.90. The van der Waals surface area contributed by atoms with Crippen molar-refractivity contribution in [2.45, 2.75) is 18.9 Å². The van der Waals surface area contributed by atoms with Gasteiger partial charge in [-0.3, -0.25) is 9.10 Å². The molecule has 1 fully saturated rings. The van der Waals surface area contributed by atoms with E-state index in [1.807, 2.05) is 6.26 Å². The van der Waals surface area contributed by atoms with Gasteiger partial charge in [-0.15, -0.1) is 0 Å². The normalized spacial score (nSPS) is 15.4. The third-order valence-corrected chi connectivity index (χ3v) is 5.49. The Hall–Kier alpha value is -2.46. The van der Waals surface area contributed by atoms with Crippen molar-refractivity contribution in [2.75, 3.05) is 37.5 Å². The van der Waals surface area contributed by atoms with Gasteiger partial charge in [0.25, 0.3) is 0 Å². The zero-order valence-corrected chi connectivity index (χ0v) is 16.4. The molecular formula is C18H21F2N5O2S. The summed E-state index contributed by atoms with van der Waals surface area (Å²) in [5.74, 6) is -3.21. The molecule has 7 nitrogen and oxygen atoms in total. The molecule has 0 saturated carbocycles. The number of ketones is 1. The van der Waals surface area contributed by atoms with Crippen molar-refractivity contribution in [3.8, 4) is 5.75 Å². The number of nitrogens with one attached hydrogen (secondary N) is 1. The van der Waals surface area contributed by atoms with Crippen molar-refractivity contribution in [3.63, 3.8) is 0 Å². The molecule has 0 amide bonds. The van der Waals surface area contributed by atoms with Gasteiger partial charge >= 0.3 is 0 Å². The Bertz CT molecular complexity index is 875. The molecule has 1 aliphatic rings. The minimum absolute atomic E-state index is 0.0916. The summed E-state index contributed by atoms with van der Waals surface area (Å²) in [6.07, 6.45) is 5.12. The van der Waals surface area contributed by atoms with E-state index in [1.54, 1.807) is 11.9 Å². The van der Waals surface area contributed by atoms with Crippen LogP contribution in [0.3, 0.4) is 0 Å². The van der Waals surface area contributed by atoms with Crippen LogP contribution in [0.1, 0.15) is 28.8 Å². The Balaban J connectivity index is 1.80. The number of carbonyl (C=O) groups excluding carboxylic acids is 1. The fraction of sp³-hybridized carbons (Fsp3) is 0.389. The smallest absolute Gasteiger partial charge is 0.224 e. The third-order valence-electron chi connectivity index (χ3n) is 4.61. The number of methoxy groups -OCH3 is 1. The summed E-state index contributed by atoms with van der Waals surface area (Å²) in [6, 6.07) is 2.27. The molecule has 0 aliphatic carbocycles. The van der Waals surface area contributed by atoms with Gasteiger partial charge in [-0.2, -0.15) is 4.98 Å². The molecule has 2 aromatic rings. The van der Waals surface area contributed by atoms with Crippen molar-refractivity contribution in [1.29, 1.82) is 0 Å². The number of hydrogen-bond donors (Lipinski definition) is 2. The number of ether oxygens (including phenoxy) is 1. The highest BCUT2D eigenvalue weighted by Gasteiger charge is 2.25. The van der Waals surface area contributed by atoms with Crippen molar-refractivity contribution < 1.29 is 18.3 Å². The third kappa shape index (κ3) is 4.17. The molecule has 2 heterocycles. The molecule has 10 heteroatoms. The van der Waals surface area contributed by atoms with Crippen LogP contribution in [0.5, 0.6) is 5.75 Å². The number of carbonyl (C=O) groups is 1.